The minimum Gasteiger partial charge on any atom is -0.456 e. The molecular formula is C56H36N2O. The molecule has 9 aromatic carbocycles. The van der Waals surface area contributed by atoms with Gasteiger partial charge in [-0.3, -0.25) is 0 Å². The molecule has 0 aliphatic heterocycles. The molecular weight excluding hydrogens is 717 g/mol. The lowest BCUT2D eigenvalue weighted by atomic mass is 9.86. The van der Waals surface area contributed by atoms with E-state index >= 15 is 0 Å². The fourth-order valence-electron chi connectivity index (χ4n) is 8.41. The van der Waals surface area contributed by atoms with Gasteiger partial charge in [-0.05, 0) is 86.1 Å². The van der Waals surface area contributed by atoms with Crippen molar-refractivity contribution in [1.82, 2.24) is 9.97 Å². The predicted molar refractivity (Wildman–Crippen MR) is 245 cm³/mol. The van der Waals surface area contributed by atoms with Crippen molar-refractivity contribution in [3.8, 4) is 78.4 Å². The van der Waals surface area contributed by atoms with E-state index in [0.29, 0.717) is 5.82 Å². The minimum absolute atomic E-state index is 0.659. The standard InChI is InChI=1S/C56H36N2O/c1-5-15-37(16-6-1)39-25-27-42(28-26-39)51-36-50(41-20-9-3-10-21-41)57-56(58-51)49-35-45(38-17-7-2-8-18-38)34-47(54(49)43-22-11-4-12-23-43)44-30-31-52-48(33-44)55-46-24-14-13-19-40(46)29-32-53(55)59-52/h1-36H. The van der Waals surface area contributed by atoms with E-state index in [9.17, 15) is 0 Å². The van der Waals surface area contributed by atoms with Crippen molar-refractivity contribution in [3.63, 3.8) is 0 Å². The molecule has 0 saturated carbocycles. The molecule has 0 spiro atoms. The highest BCUT2D eigenvalue weighted by Crippen LogP contribution is 2.45. The maximum Gasteiger partial charge on any atom is 0.161 e. The zero-order valence-corrected chi connectivity index (χ0v) is 32.1. The lowest BCUT2D eigenvalue weighted by molar-refractivity contribution is 0.669. The molecule has 2 heterocycles. The highest BCUT2D eigenvalue weighted by molar-refractivity contribution is 6.19. The third-order valence-electron chi connectivity index (χ3n) is 11.3. The Balaban J connectivity index is 1.19. The molecule has 3 nitrogen and oxygen atoms in total. The first-order chi connectivity index (χ1) is 29.2. The van der Waals surface area contributed by atoms with Crippen molar-refractivity contribution >= 4 is 32.7 Å². The summed E-state index contributed by atoms with van der Waals surface area (Å²) in [5.74, 6) is 0.659. The first kappa shape index (κ1) is 34.4. The van der Waals surface area contributed by atoms with Gasteiger partial charge in [0.1, 0.15) is 11.2 Å². The molecule has 0 unspecified atom stereocenters. The number of benzene rings is 9. The number of aromatic nitrogens is 2. The van der Waals surface area contributed by atoms with Crippen LogP contribution >= 0.6 is 0 Å². The molecule has 2 aromatic heterocycles. The van der Waals surface area contributed by atoms with Crippen molar-refractivity contribution in [3.05, 3.63) is 218 Å². The van der Waals surface area contributed by atoms with Gasteiger partial charge in [0.2, 0.25) is 0 Å². The second-order valence-electron chi connectivity index (χ2n) is 14.9. The smallest absolute Gasteiger partial charge is 0.161 e. The Morgan fingerprint density at radius 2 is 0.797 bits per heavy atom. The summed E-state index contributed by atoms with van der Waals surface area (Å²) in [7, 11) is 0. The van der Waals surface area contributed by atoms with Gasteiger partial charge in [0.25, 0.3) is 0 Å². The number of rotatable bonds is 7. The van der Waals surface area contributed by atoms with Gasteiger partial charge in [0, 0.05) is 33.0 Å². The van der Waals surface area contributed by atoms with Crippen molar-refractivity contribution in [2.45, 2.75) is 0 Å². The zero-order valence-electron chi connectivity index (χ0n) is 32.1. The molecule has 0 bridgehead atoms. The van der Waals surface area contributed by atoms with Gasteiger partial charge in [-0.15, -0.1) is 0 Å². The van der Waals surface area contributed by atoms with Crippen LogP contribution in [0.5, 0.6) is 0 Å². The largest absolute Gasteiger partial charge is 0.456 e. The summed E-state index contributed by atoms with van der Waals surface area (Å²) in [6, 6.07) is 76.9. The van der Waals surface area contributed by atoms with E-state index in [1.807, 2.05) is 12.1 Å². The van der Waals surface area contributed by atoms with E-state index in [1.165, 1.54) is 16.3 Å². The van der Waals surface area contributed by atoms with Crippen LogP contribution in [-0.4, -0.2) is 9.97 Å². The number of hydrogen-bond acceptors (Lipinski definition) is 3. The number of nitrogens with zero attached hydrogens (tertiary/aromatic N) is 2. The maximum atomic E-state index is 6.48. The molecule has 0 fully saturated rings. The predicted octanol–water partition coefficient (Wildman–Crippen LogP) is 15.2. The second-order valence-corrected chi connectivity index (χ2v) is 14.9. The lowest BCUT2D eigenvalue weighted by Gasteiger charge is -2.19. The molecule has 0 saturated heterocycles. The Morgan fingerprint density at radius 1 is 0.305 bits per heavy atom. The Labute approximate surface area is 342 Å². The number of hydrogen-bond donors (Lipinski definition) is 0. The van der Waals surface area contributed by atoms with Gasteiger partial charge >= 0.3 is 0 Å². The van der Waals surface area contributed by atoms with Crippen molar-refractivity contribution in [2.75, 3.05) is 0 Å². The third-order valence-corrected chi connectivity index (χ3v) is 11.3. The van der Waals surface area contributed by atoms with Crippen LogP contribution in [0.4, 0.5) is 0 Å². The summed E-state index contributed by atoms with van der Waals surface area (Å²) in [6.45, 7) is 0. The topological polar surface area (TPSA) is 38.9 Å². The van der Waals surface area contributed by atoms with Crippen LogP contribution in [0.25, 0.3) is 111 Å². The molecule has 0 atom stereocenters. The highest BCUT2D eigenvalue weighted by Gasteiger charge is 2.22. The summed E-state index contributed by atoms with van der Waals surface area (Å²) in [4.78, 5) is 10.9. The first-order valence-corrected chi connectivity index (χ1v) is 20.0. The summed E-state index contributed by atoms with van der Waals surface area (Å²) in [5.41, 5.74) is 15.3. The van der Waals surface area contributed by atoms with Crippen LogP contribution in [0.3, 0.4) is 0 Å². The molecule has 0 N–H and O–H groups in total. The van der Waals surface area contributed by atoms with Gasteiger partial charge in [-0.2, -0.15) is 0 Å². The van der Waals surface area contributed by atoms with E-state index in [0.717, 1.165) is 89.0 Å². The van der Waals surface area contributed by atoms with E-state index in [2.05, 4.69) is 206 Å². The Hall–Kier alpha value is -7.88. The minimum atomic E-state index is 0.659. The monoisotopic (exact) mass is 752 g/mol. The van der Waals surface area contributed by atoms with Crippen LogP contribution in [0.1, 0.15) is 0 Å². The summed E-state index contributed by atoms with van der Waals surface area (Å²) >= 11 is 0. The van der Waals surface area contributed by atoms with Gasteiger partial charge in [-0.25, -0.2) is 9.97 Å². The maximum absolute atomic E-state index is 6.48. The molecule has 0 amide bonds. The summed E-state index contributed by atoms with van der Waals surface area (Å²) < 4.78 is 6.48. The average Bonchev–Trinajstić information content (AvgIpc) is 3.71. The molecule has 11 rings (SSSR count). The van der Waals surface area contributed by atoms with Crippen molar-refractivity contribution in [2.24, 2.45) is 0 Å². The zero-order chi connectivity index (χ0) is 39.1. The van der Waals surface area contributed by atoms with Gasteiger partial charge in [-0.1, -0.05) is 182 Å². The molecule has 0 aliphatic carbocycles. The van der Waals surface area contributed by atoms with Crippen LogP contribution in [0.2, 0.25) is 0 Å². The molecule has 59 heavy (non-hydrogen) atoms. The second kappa shape index (κ2) is 14.6. The van der Waals surface area contributed by atoms with Crippen LogP contribution in [0, 0.1) is 0 Å². The van der Waals surface area contributed by atoms with E-state index in [1.54, 1.807) is 0 Å². The van der Waals surface area contributed by atoms with Crippen LogP contribution < -0.4 is 0 Å². The van der Waals surface area contributed by atoms with Gasteiger partial charge in [0.15, 0.2) is 5.82 Å². The van der Waals surface area contributed by atoms with E-state index < -0.39 is 0 Å². The van der Waals surface area contributed by atoms with E-state index in [-0.39, 0.29) is 0 Å². The normalized spacial score (nSPS) is 11.4. The van der Waals surface area contributed by atoms with Gasteiger partial charge in [0.05, 0.1) is 11.4 Å². The molecule has 276 valence electrons. The number of fused-ring (bicyclic) bond motifs is 5. The first-order valence-electron chi connectivity index (χ1n) is 20.0. The van der Waals surface area contributed by atoms with Crippen molar-refractivity contribution < 1.29 is 4.42 Å². The molecule has 0 aliphatic rings. The van der Waals surface area contributed by atoms with Crippen molar-refractivity contribution in [1.29, 1.82) is 0 Å². The molecule has 3 heteroatoms. The summed E-state index contributed by atoms with van der Waals surface area (Å²) in [6.07, 6.45) is 0. The fraction of sp³-hybridized carbons (Fsp3) is 0. The quantitative estimate of drug-likeness (QED) is 0.163. The van der Waals surface area contributed by atoms with Crippen LogP contribution in [0.15, 0.2) is 223 Å². The van der Waals surface area contributed by atoms with Gasteiger partial charge < -0.3 is 4.42 Å². The molecule has 0 radical (unpaired) electrons. The Bertz CT molecular complexity index is 3280. The Kier molecular flexibility index (Phi) is 8.49. The third kappa shape index (κ3) is 6.36. The van der Waals surface area contributed by atoms with E-state index in [4.69, 9.17) is 14.4 Å². The average molecular weight is 753 g/mol. The number of furan rings is 1. The fourth-order valence-corrected chi connectivity index (χ4v) is 8.41. The molecule has 11 aromatic rings. The summed E-state index contributed by atoms with van der Waals surface area (Å²) in [5, 5.41) is 4.58. The van der Waals surface area contributed by atoms with Crippen LogP contribution in [-0.2, 0) is 0 Å². The Morgan fingerprint density at radius 3 is 1.47 bits per heavy atom. The lowest BCUT2D eigenvalue weighted by Crippen LogP contribution is -1.99. The highest BCUT2D eigenvalue weighted by atomic mass is 16.3. The SMILES string of the molecule is c1ccc(-c2ccc(-c3cc(-c4ccccc4)nc(-c4cc(-c5ccccc5)cc(-c5ccc6oc7ccc8ccccc8c7c6c5)c4-c4ccccc4)n3)cc2)cc1.